The fourth-order valence-corrected chi connectivity index (χ4v) is 5.61. The molecule has 2 atom stereocenters. The predicted octanol–water partition coefficient (Wildman–Crippen LogP) is 5.51. The van der Waals surface area contributed by atoms with Gasteiger partial charge in [0.05, 0.1) is 30.6 Å². The van der Waals surface area contributed by atoms with Crippen molar-refractivity contribution in [1.82, 2.24) is 14.3 Å². The molecule has 0 spiro atoms. The SMILES string of the molecule is COc1ccc2c(Oc3ccc(NC(=O)c4c(C)n(C(I)C(C)OC(=O)CN)n(-c5ccccc5)c4=O)cc3F)ccnc2c1. The van der Waals surface area contributed by atoms with Gasteiger partial charge in [-0.05, 0) is 56.3 Å². The van der Waals surface area contributed by atoms with E-state index in [0.717, 1.165) is 6.07 Å². The molecule has 0 aliphatic rings. The summed E-state index contributed by atoms with van der Waals surface area (Å²) in [5.41, 5.74) is 6.19. The van der Waals surface area contributed by atoms with Crippen LogP contribution in [-0.4, -0.2) is 46.0 Å². The Hall–Kier alpha value is -4.76. The van der Waals surface area contributed by atoms with Crippen LogP contribution < -0.4 is 26.1 Å². The summed E-state index contributed by atoms with van der Waals surface area (Å²) >= 11 is 2.04. The van der Waals surface area contributed by atoms with E-state index in [1.807, 2.05) is 22.6 Å². The Morgan fingerprint density at radius 3 is 2.51 bits per heavy atom. The Balaban J connectivity index is 1.44. The van der Waals surface area contributed by atoms with Gasteiger partial charge in [0.2, 0.25) is 0 Å². The number of alkyl halides is 1. The van der Waals surface area contributed by atoms with Crippen molar-refractivity contribution in [2.75, 3.05) is 19.0 Å². The molecular weight excluding hydrogens is 696 g/mol. The highest BCUT2D eigenvalue weighted by molar-refractivity contribution is 14.1. The molecule has 0 saturated heterocycles. The second-order valence-electron chi connectivity index (χ2n) is 9.92. The van der Waals surface area contributed by atoms with Gasteiger partial charge in [0.15, 0.2) is 11.6 Å². The average Bonchev–Trinajstić information content (AvgIpc) is 3.31. The molecule has 5 rings (SSSR count). The van der Waals surface area contributed by atoms with Crippen LogP contribution in [0.3, 0.4) is 0 Å². The number of benzene rings is 3. The van der Waals surface area contributed by atoms with Gasteiger partial charge in [-0.1, -0.05) is 40.8 Å². The van der Waals surface area contributed by atoms with Crippen molar-refractivity contribution < 1.29 is 28.2 Å². The zero-order valence-electron chi connectivity index (χ0n) is 24.5. The van der Waals surface area contributed by atoms with Crippen LogP contribution >= 0.6 is 22.6 Å². The number of hydrogen-bond donors (Lipinski definition) is 2. The molecule has 5 aromatic rings. The van der Waals surface area contributed by atoms with E-state index in [0.29, 0.717) is 33.8 Å². The Bertz CT molecular complexity index is 1940. The molecule has 1 amide bonds. The minimum Gasteiger partial charge on any atom is -0.497 e. The second-order valence-corrected chi connectivity index (χ2v) is 11.2. The molecule has 13 heteroatoms. The average molecular weight is 726 g/mol. The molecule has 45 heavy (non-hydrogen) atoms. The van der Waals surface area contributed by atoms with Gasteiger partial charge in [-0.15, -0.1) is 0 Å². The van der Waals surface area contributed by atoms with Crippen molar-refractivity contribution in [2.24, 2.45) is 5.73 Å². The van der Waals surface area contributed by atoms with E-state index in [1.54, 1.807) is 86.4 Å². The highest BCUT2D eigenvalue weighted by Gasteiger charge is 2.30. The number of nitrogens with two attached hydrogens (primary N) is 1. The number of rotatable bonds is 10. The van der Waals surface area contributed by atoms with Gasteiger partial charge in [-0.3, -0.25) is 24.0 Å². The number of aromatic nitrogens is 3. The first kappa shape index (κ1) is 31.7. The molecular formula is C32H29FIN5O6. The number of esters is 1. The number of carbonyl (C=O) groups excluding carboxylic acids is 2. The summed E-state index contributed by atoms with van der Waals surface area (Å²) in [6.07, 6.45) is 0.850. The number of nitrogens with zero attached hydrogens (tertiary/aromatic N) is 3. The normalized spacial score (nSPS) is 12.4. The summed E-state index contributed by atoms with van der Waals surface area (Å²) in [5, 5.41) is 3.28. The first-order valence-electron chi connectivity index (χ1n) is 13.8. The number of methoxy groups -OCH3 is 1. The topological polar surface area (TPSA) is 140 Å². The molecule has 0 aliphatic heterocycles. The Labute approximate surface area is 270 Å². The summed E-state index contributed by atoms with van der Waals surface area (Å²) in [6, 6.07) is 19.6. The van der Waals surface area contributed by atoms with E-state index in [9.17, 15) is 14.4 Å². The minimum atomic E-state index is -0.738. The van der Waals surface area contributed by atoms with Crippen LogP contribution in [0.1, 0.15) is 27.0 Å². The maximum Gasteiger partial charge on any atom is 0.320 e. The van der Waals surface area contributed by atoms with Crippen LogP contribution in [0, 0.1) is 12.7 Å². The summed E-state index contributed by atoms with van der Waals surface area (Å²) in [5.74, 6) is -1.14. The number of carbonyl (C=O) groups is 2. The Morgan fingerprint density at radius 2 is 1.82 bits per heavy atom. The van der Waals surface area contributed by atoms with Gasteiger partial charge in [0.25, 0.3) is 11.5 Å². The predicted molar refractivity (Wildman–Crippen MR) is 175 cm³/mol. The van der Waals surface area contributed by atoms with Crippen LogP contribution in [0.25, 0.3) is 16.6 Å². The second kappa shape index (κ2) is 13.5. The number of anilines is 1. The van der Waals surface area contributed by atoms with E-state index in [2.05, 4.69) is 10.3 Å². The van der Waals surface area contributed by atoms with Gasteiger partial charge < -0.3 is 25.3 Å². The molecule has 2 aromatic heterocycles. The molecule has 2 heterocycles. The van der Waals surface area contributed by atoms with E-state index < -0.39 is 33.4 Å². The highest BCUT2D eigenvalue weighted by Crippen LogP contribution is 2.33. The molecule has 11 nitrogen and oxygen atoms in total. The molecule has 0 fully saturated rings. The first-order chi connectivity index (χ1) is 21.6. The third-order valence-corrected chi connectivity index (χ3v) is 8.52. The Morgan fingerprint density at radius 1 is 1.07 bits per heavy atom. The fourth-order valence-electron chi connectivity index (χ4n) is 4.79. The third-order valence-electron chi connectivity index (χ3n) is 6.98. The van der Waals surface area contributed by atoms with Crippen LogP contribution in [0.5, 0.6) is 17.2 Å². The van der Waals surface area contributed by atoms with Crippen molar-refractivity contribution in [1.29, 1.82) is 0 Å². The van der Waals surface area contributed by atoms with Crippen LogP contribution in [0.2, 0.25) is 0 Å². The van der Waals surface area contributed by atoms with Gasteiger partial charge in [-0.25, -0.2) is 9.07 Å². The van der Waals surface area contributed by atoms with Crippen LogP contribution in [0.4, 0.5) is 10.1 Å². The van der Waals surface area contributed by atoms with Crippen LogP contribution in [0.15, 0.2) is 83.8 Å². The number of ether oxygens (including phenoxy) is 3. The van der Waals surface area contributed by atoms with Gasteiger partial charge in [0, 0.05) is 29.4 Å². The highest BCUT2D eigenvalue weighted by atomic mass is 127. The number of para-hydroxylation sites is 1. The largest absolute Gasteiger partial charge is 0.497 e. The van der Waals surface area contributed by atoms with Crippen molar-refractivity contribution in [3.63, 3.8) is 0 Å². The molecule has 0 radical (unpaired) electrons. The van der Waals surface area contributed by atoms with Crippen molar-refractivity contribution in [3.8, 4) is 22.9 Å². The molecule has 3 aromatic carbocycles. The van der Waals surface area contributed by atoms with E-state index in [4.69, 9.17) is 19.9 Å². The number of hydrogen-bond acceptors (Lipinski definition) is 8. The summed E-state index contributed by atoms with van der Waals surface area (Å²) in [4.78, 5) is 43.5. The van der Waals surface area contributed by atoms with Gasteiger partial charge >= 0.3 is 5.97 Å². The van der Waals surface area contributed by atoms with Gasteiger partial charge in [0.1, 0.15) is 27.2 Å². The number of halogens is 2. The maximum absolute atomic E-state index is 15.3. The Kier molecular flexibility index (Phi) is 9.48. The van der Waals surface area contributed by atoms with Gasteiger partial charge in [-0.2, -0.15) is 0 Å². The minimum absolute atomic E-state index is 0.0705. The summed E-state index contributed by atoms with van der Waals surface area (Å²) in [6.45, 7) is 2.99. The number of pyridine rings is 1. The van der Waals surface area contributed by atoms with Crippen LogP contribution in [-0.2, 0) is 9.53 Å². The molecule has 3 N–H and O–H groups in total. The number of fused-ring (bicyclic) bond motifs is 1. The van der Waals surface area contributed by atoms with E-state index in [1.165, 1.54) is 16.8 Å². The summed E-state index contributed by atoms with van der Waals surface area (Å²) in [7, 11) is 1.55. The quantitative estimate of drug-likeness (QED) is 0.109. The van der Waals surface area contributed by atoms with E-state index >= 15 is 4.39 Å². The molecule has 0 bridgehead atoms. The molecule has 232 valence electrons. The standard InChI is InChI=1S/C32H29FIN5O6/c1-18-29(32(42)39(21-7-5-4-6-8-21)38(18)30(34)19(2)44-28(40)17-35)31(41)37-20-9-12-27(24(33)15-20)45-26-13-14-36-25-16-22(43-3)10-11-23(25)26/h4-16,19,30H,17,35H2,1-3H3,(H,37,41). The lowest BCUT2D eigenvalue weighted by molar-refractivity contribution is -0.147. The fraction of sp³-hybridized carbons (Fsp3) is 0.188. The molecule has 2 unspecified atom stereocenters. The lowest BCUT2D eigenvalue weighted by atomic mass is 10.2. The smallest absolute Gasteiger partial charge is 0.320 e. The zero-order valence-corrected chi connectivity index (χ0v) is 26.6. The van der Waals surface area contributed by atoms with Crippen molar-refractivity contribution >= 4 is 51.1 Å². The first-order valence-corrected chi connectivity index (χ1v) is 15.0. The maximum atomic E-state index is 15.3. The zero-order chi connectivity index (χ0) is 32.2. The third kappa shape index (κ3) is 6.54. The monoisotopic (exact) mass is 725 g/mol. The molecule has 0 saturated carbocycles. The van der Waals surface area contributed by atoms with Crippen molar-refractivity contribution in [3.05, 3.63) is 106 Å². The summed E-state index contributed by atoms with van der Waals surface area (Å²) < 4.78 is 34.1. The van der Waals surface area contributed by atoms with E-state index in [-0.39, 0.29) is 23.5 Å². The lowest BCUT2D eigenvalue weighted by Crippen LogP contribution is -2.31. The lowest BCUT2D eigenvalue weighted by Gasteiger charge is -2.24. The van der Waals surface area contributed by atoms with Crippen molar-refractivity contribution in [2.45, 2.75) is 24.0 Å². The number of nitrogens with one attached hydrogen (secondary N) is 1. The molecule has 0 aliphatic carbocycles. The number of amides is 1.